The van der Waals surface area contributed by atoms with Crippen molar-refractivity contribution in [1.82, 2.24) is 5.32 Å². The number of carbonyl (C=O) groups is 2. The highest BCUT2D eigenvalue weighted by Gasteiger charge is 2.20. The third kappa shape index (κ3) is 60.9. The van der Waals surface area contributed by atoms with Crippen molar-refractivity contribution in [3.63, 3.8) is 0 Å². The minimum Gasteiger partial charge on any atom is -0.466 e. The summed E-state index contributed by atoms with van der Waals surface area (Å²) in [6, 6.07) is -0.545. The predicted molar refractivity (Wildman–Crippen MR) is 329 cm³/mol. The molecular formula is C69H129NO5. The third-order valence-electron chi connectivity index (χ3n) is 15.4. The van der Waals surface area contributed by atoms with E-state index in [4.69, 9.17) is 4.74 Å². The minimum atomic E-state index is -0.667. The van der Waals surface area contributed by atoms with Crippen LogP contribution in [0.15, 0.2) is 48.6 Å². The number of hydrogen-bond acceptors (Lipinski definition) is 5. The van der Waals surface area contributed by atoms with Crippen LogP contribution in [0.3, 0.4) is 0 Å². The maximum Gasteiger partial charge on any atom is 0.305 e. The molecule has 0 saturated carbocycles. The Morgan fingerprint density at radius 3 is 1.04 bits per heavy atom. The van der Waals surface area contributed by atoms with Gasteiger partial charge in [0.15, 0.2) is 0 Å². The molecule has 0 heterocycles. The van der Waals surface area contributed by atoms with E-state index in [1.807, 2.05) is 0 Å². The Kier molecular flexibility index (Phi) is 62.5. The molecule has 440 valence electrons. The zero-order valence-electron chi connectivity index (χ0n) is 50.3. The van der Waals surface area contributed by atoms with Crippen molar-refractivity contribution in [2.45, 2.75) is 366 Å². The van der Waals surface area contributed by atoms with Crippen molar-refractivity contribution in [2.75, 3.05) is 13.2 Å². The van der Waals surface area contributed by atoms with Gasteiger partial charge in [-0.25, -0.2) is 0 Å². The van der Waals surface area contributed by atoms with Crippen LogP contribution in [0.1, 0.15) is 354 Å². The van der Waals surface area contributed by atoms with Crippen LogP contribution in [0, 0.1) is 0 Å². The fourth-order valence-electron chi connectivity index (χ4n) is 10.2. The van der Waals surface area contributed by atoms with E-state index in [-0.39, 0.29) is 18.5 Å². The maximum absolute atomic E-state index is 12.5. The lowest BCUT2D eigenvalue weighted by molar-refractivity contribution is -0.143. The quantitative estimate of drug-likeness (QED) is 0.0320. The molecule has 0 aromatic heterocycles. The van der Waals surface area contributed by atoms with Crippen LogP contribution in [-0.4, -0.2) is 47.4 Å². The van der Waals surface area contributed by atoms with Gasteiger partial charge in [0.05, 0.1) is 25.4 Å². The Bertz CT molecular complexity index is 1260. The monoisotopic (exact) mass is 1050 g/mol. The summed E-state index contributed by atoms with van der Waals surface area (Å²) in [5.41, 5.74) is 0. The van der Waals surface area contributed by atoms with Crippen molar-refractivity contribution in [3.8, 4) is 0 Å². The molecule has 75 heavy (non-hydrogen) atoms. The number of nitrogens with one attached hydrogen (secondary N) is 1. The highest BCUT2D eigenvalue weighted by atomic mass is 16.5. The largest absolute Gasteiger partial charge is 0.466 e. The Balaban J connectivity index is 3.42. The Labute approximate surface area is 467 Å². The molecule has 0 rings (SSSR count). The topological polar surface area (TPSA) is 95.9 Å². The van der Waals surface area contributed by atoms with Crippen LogP contribution in [-0.2, 0) is 14.3 Å². The number of rotatable bonds is 62. The molecule has 0 radical (unpaired) electrons. The first kappa shape index (κ1) is 72.8. The Morgan fingerprint density at radius 2 is 0.667 bits per heavy atom. The number of carbonyl (C=O) groups excluding carboxylic acids is 2. The first-order chi connectivity index (χ1) is 37.0. The second-order valence-electron chi connectivity index (χ2n) is 22.8. The average molecular weight is 1050 g/mol. The highest BCUT2D eigenvalue weighted by Crippen LogP contribution is 2.18. The summed E-state index contributed by atoms with van der Waals surface area (Å²) in [5, 5.41) is 23.3. The molecule has 0 spiro atoms. The van der Waals surface area contributed by atoms with Crippen molar-refractivity contribution in [3.05, 3.63) is 48.6 Å². The molecule has 0 saturated heterocycles. The van der Waals surface area contributed by atoms with Gasteiger partial charge in [-0.3, -0.25) is 9.59 Å². The smallest absolute Gasteiger partial charge is 0.305 e. The Hall–Kier alpha value is -2.18. The number of unbranched alkanes of at least 4 members (excludes halogenated alkanes) is 43. The maximum atomic E-state index is 12.5. The molecule has 0 aliphatic heterocycles. The minimum absolute atomic E-state index is 0.00343. The first-order valence-corrected chi connectivity index (χ1v) is 33.4. The number of ether oxygens (including phenoxy) is 1. The van der Waals surface area contributed by atoms with Crippen molar-refractivity contribution in [1.29, 1.82) is 0 Å². The van der Waals surface area contributed by atoms with E-state index >= 15 is 0 Å². The van der Waals surface area contributed by atoms with E-state index < -0.39 is 12.1 Å². The summed E-state index contributed by atoms with van der Waals surface area (Å²) in [6.07, 6.45) is 82.8. The molecule has 1 amide bonds. The predicted octanol–water partition coefficient (Wildman–Crippen LogP) is 21.3. The molecule has 0 fully saturated rings. The van der Waals surface area contributed by atoms with Gasteiger partial charge in [-0.1, -0.05) is 300 Å². The third-order valence-corrected chi connectivity index (χ3v) is 15.4. The number of amides is 1. The van der Waals surface area contributed by atoms with Crippen molar-refractivity contribution in [2.24, 2.45) is 0 Å². The first-order valence-electron chi connectivity index (χ1n) is 33.4. The summed E-state index contributed by atoms with van der Waals surface area (Å²) >= 11 is 0. The second kappa shape index (κ2) is 64.3. The molecule has 6 heteroatoms. The Morgan fingerprint density at radius 1 is 0.373 bits per heavy atom. The lowest BCUT2D eigenvalue weighted by atomic mass is 10.0. The van der Waals surface area contributed by atoms with Crippen LogP contribution in [0.25, 0.3) is 0 Å². The summed E-state index contributed by atoms with van der Waals surface area (Å²) in [6.45, 7) is 4.93. The zero-order chi connectivity index (χ0) is 54.3. The zero-order valence-corrected chi connectivity index (χ0v) is 50.3. The lowest BCUT2D eigenvalue weighted by Gasteiger charge is -2.22. The fourth-order valence-corrected chi connectivity index (χ4v) is 10.2. The van der Waals surface area contributed by atoms with Crippen molar-refractivity contribution < 1.29 is 24.5 Å². The summed E-state index contributed by atoms with van der Waals surface area (Å²) < 4.78 is 5.48. The average Bonchev–Trinajstić information content (AvgIpc) is 3.41. The van der Waals surface area contributed by atoms with Gasteiger partial charge in [0.25, 0.3) is 0 Å². The number of hydrogen-bond donors (Lipinski definition) is 3. The van der Waals surface area contributed by atoms with E-state index in [0.717, 1.165) is 57.8 Å². The van der Waals surface area contributed by atoms with Crippen LogP contribution in [0.5, 0.6) is 0 Å². The number of allylic oxidation sites excluding steroid dienone is 8. The van der Waals surface area contributed by atoms with Gasteiger partial charge < -0.3 is 20.3 Å². The van der Waals surface area contributed by atoms with Gasteiger partial charge in [-0.2, -0.15) is 0 Å². The van der Waals surface area contributed by atoms with E-state index in [1.165, 1.54) is 263 Å². The molecule has 0 aliphatic carbocycles. The molecule has 0 bridgehead atoms. The summed E-state index contributed by atoms with van der Waals surface area (Å²) in [7, 11) is 0. The van der Waals surface area contributed by atoms with Crippen LogP contribution >= 0.6 is 0 Å². The van der Waals surface area contributed by atoms with Gasteiger partial charge in [0.1, 0.15) is 0 Å². The fraction of sp³-hybridized carbons (Fsp3) is 0.855. The van der Waals surface area contributed by atoms with Gasteiger partial charge in [0.2, 0.25) is 5.91 Å². The number of aliphatic hydroxyl groups is 2. The normalized spacial score (nSPS) is 12.9. The van der Waals surface area contributed by atoms with Gasteiger partial charge in [-0.15, -0.1) is 0 Å². The highest BCUT2D eigenvalue weighted by molar-refractivity contribution is 5.76. The van der Waals surface area contributed by atoms with Crippen molar-refractivity contribution >= 4 is 11.9 Å². The molecule has 2 unspecified atom stereocenters. The second-order valence-corrected chi connectivity index (χ2v) is 22.8. The van der Waals surface area contributed by atoms with Gasteiger partial charge in [-0.05, 0) is 89.9 Å². The van der Waals surface area contributed by atoms with Crippen LogP contribution in [0.2, 0.25) is 0 Å². The summed E-state index contributed by atoms with van der Waals surface area (Å²) in [4.78, 5) is 24.6. The van der Waals surface area contributed by atoms with E-state index in [9.17, 15) is 19.8 Å². The van der Waals surface area contributed by atoms with E-state index in [0.29, 0.717) is 25.9 Å². The number of aliphatic hydroxyl groups excluding tert-OH is 2. The lowest BCUT2D eigenvalue weighted by Crippen LogP contribution is -2.45. The SMILES string of the molecule is CCCCC/C=C\C/C=C\CCCCCCCC(=O)OCCCCCCCCCCC/C=C\C/C=C\CCCCCCCCCCCCCC(=O)NC(CO)C(O)CCCCCCCCCCCCCCCCCC. The molecule has 6 nitrogen and oxygen atoms in total. The molecule has 0 aromatic carbocycles. The molecule has 3 N–H and O–H groups in total. The van der Waals surface area contributed by atoms with Crippen LogP contribution < -0.4 is 5.32 Å². The molecule has 2 atom stereocenters. The summed E-state index contributed by atoms with van der Waals surface area (Å²) in [5.74, 6) is -0.0398. The standard InChI is InChI=1S/C69H129NO5/c1-3-5-7-9-11-13-15-17-19-34-37-41-45-49-53-57-61-67(72)66(65-71)70-68(73)62-58-54-50-46-42-38-35-31-29-27-25-23-21-20-22-24-26-28-30-32-36-40-44-48-52-56-60-64-75-69(74)63-59-55-51-47-43-39-33-18-16-14-12-10-8-6-4-2/h12,14,18,20-21,24,26,33,66-67,71-72H,3-11,13,15-17,19,22-23,25,27-32,34-65H2,1-2H3,(H,70,73)/b14-12-,21-20-,26-24-,33-18-. The number of esters is 1. The molecule has 0 aliphatic rings. The van der Waals surface area contributed by atoms with Gasteiger partial charge in [0, 0.05) is 12.8 Å². The molecule has 0 aromatic rings. The van der Waals surface area contributed by atoms with Gasteiger partial charge >= 0.3 is 5.97 Å². The van der Waals surface area contributed by atoms with E-state index in [2.05, 4.69) is 67.8 Å². The van der Waals surface area contributed by atoms with E-state index in [1.54, 1.807) is 0 Å². The molecular weight excluding hydrogens is 923 g/mol. The van der Waals surface area contributed by atoms with Crippen LogP contribution in [0.4, 0.5) is 0 Å².